The van der Waals surface area contributed by atoms with Gasteiger partial charge in [-0.05, 0) is 61.4 Å². The van der Waals surface area contributed by atoms with Crippen molar-refractivity contribution in [1.82, 2.24) is 0 Å². The van der Waals surface area contributed by atoms with Gasteiger partial charge in [0.15, 0.2) is 5.78 Å². The van der Waals surface area contributed by atoms with Crippen LogP contribution in [0.3, 0.4) is 0 Å². The van der Waals surface area contributed by atoms with Crippen LogP contribution >= 0.6 is 11.3 Å². The Morgan fingerprint density at radius 2 is 1.81 bits per heavy atom. The maximum absolute atomic E-state index is 14.6. The molecule has 27 heavy (non-hydrogen) atoms. The maximum Gasteiger partial charge on any atom is 0.252 e. The first kappa shape index (κ1) is 17.6. The smallest absolute Gasteiger partial charge is 0.252 e. The van der Waals surface area contributed by atoms with Gasteiger partial charge in [-0.3, -0.25) is 9.59 Å². The molecule has 0 radical (unpaired) electrons. The van der Waals surface area contributed by atoms with Crippen LogP contribution in [0, 0.1) is 5.82 Å². The van der Waals surface area contributed by atoms with E-state index in [2.05, 4.69) is 5.32 Å². The highest BCUT2D eigenvalue weighted by atomic mass is 32.1. The minimum Gasteiger partial charge on any atom is -0.320 e. The number of hydrogen-bond acceptors (Lipinski definition) is 3. The highest BCUT2D eigenvalue weighted by Gasteiger charge is 2.24. The zero-order valence-corrected chi connectivity index (χ0v) is 15.7. The number of rotatable bonds is 4. The Balaban J connectivity index is 1.59. The molecule has 0 saturated carbocycles. The molecular formula is C22H18FNO2S. The highest BCUT2D eigenvalue weighted by Crippen LogP contribution is 2.35. The standard InChI is InChI=1S/C22H18FNO2S/c1-13(25)16-6-4-7-17(16)22(26)24-19-10-9-15(11-18(19)23)21-12-14-5-2-3-8-20(14)27-21/h2-3,5,8-12H,4,6-7H2,1H3,(H,24,26). The van der Waals surface area contributed by atoms with E-state index in [1.54, 1.807) is 23.5 Å². The summed E-state index contributed by atoms with van der Waals surface area (Å²) in [7, 11) is 0. The Labute approximate surface area is 160 Å². The largest absolute Gasteiger partial charge is 0.320 e. The van der Waals surface area contributed by atoms with E-state index in [0.717, 1.165) is 26.9 Å². The molecule has 1 aromatic heterocycles. The zero-order valence-electron chi connectivity index (χ0n) is 14.8. The molecule has 0 spiro atoms. The fraction of sp³-hybridized carbons (Fsp3) is 0.182. The molecule has 0 unspecified atom stereocenters. The molecule has 0 atom stereocenters. The zero-order chi connectivity index (χ0) is 19.0. The number of thiophene rings is 1. The van der Waals surface area contributed by atoms with E-state index in [4.69, 9.17) is 0 Å². The van der Waals surface area contributed by atoms with Crippen molar-refractivity contribution in [3.8, 4) is 10.4 Å². The van der Waals surface area contributed by atoms with Crippen molar-refractivity contribution in [1.29, 1.82) is 0 Å². The minimum atomic E-state index is -0.485. The summed E-state index contributed by atoms with van der Waals surface area (Å²) in [6, 6.07) is 14.9. The predicted molar refractivity (Wildman–Crippen MR) is 107 cm³/mol. The summed E-state index contributed by atoms with van der Waals surface area (Å²) in [5.74, 6) is -0.953. The number of fused-ring (bicyclic) bond motifs is 1. The third kappa shape index (κ3) is 3.43. The van der Waals surface area contributed by atoms with Crippen LogP contribution in [0.1, 0.15) is 26.2 Å². The van der Waals surface area contributed by atoms with Crippen molar-refractivity contribution in [3.63, 3.8) is 0 Å². The van der Waals surface area contributed by atoms with Gasteiger partial charge in [-0.25, -0.2) is 4.39 Å². The number of carbonyl (C=O) groups is 2. The lowest BCUT2D eigenvalue weighted by Gasteiger charge is -2.09. The number of benzene rings is 2. The molecule has 0 bridgehead atoms. The Morgan fingerprint density at radius 1 is 1.04 bits per heavy atom. The summed E-state index contributed by atoms with van der Waals surface area (Å²) in [6.07, 6.45) is 1.96. The normalized spacial score (nSPS) is 14.0. The fourth-order valence-corrected chi connectivity index (χ4v) is 4.53. The number of Topliss-reactive ketones (excluding diaryl/α,β-unsaturated/α-hetero) is 1. The molecule has 2 aromatic carbocycles. The summed E-state index contributed by atoms with van der Waals surface area (Å²) >= 11 is 1.60. The van der Waals surface area contributed by atoms with Crippen LogP contribution in [0.2, 0.25) is 0 Å². The molecule has 0 saturated heterocycles. The highest BCUT2D eigenvalue weighted by molar-refractivity contribution is 7.22. The van der Waals surface area contributed by atoms with E-state index in [9.17, 15) is 14.0 Å². The second-order valence-corrected chi connectivity index (χ2v) is 7.75. The lowest BCUT2D eigenvalue weighted by molar-refractivity contribution is -0.115. The van der Waals surface area contributed by atoms with Gasteiger partial charge < -0.3 is 5.32 Å². The molecule has 1 heterocycles. The monoisotopic (exact) mass is 379 g/mol. The Bertz CT molecular complexity index is 1060. The topological polar surface area (TPSA) is 46.2 Å². The van der Waals surface area contributed by atoms with Gasteiger partial charge in [0.2, 0.25) is 0 Å². The average Bonchev–Trinajstić information content (AvgIpc) is 3.30. The first-order valence-corrected chi connectivity index (χ1v) is 9.67. The minimum absolute atomic E-state index is 0.0850. The second kappa shape index (κ2) is 7.08. The van der Waals surface area contributed by atoms with E-state index in [1.165, 1.54) is 13.0 Å². The van der Waals surface area contributed by atoms with Crippen LogP contribution in [0.5, 0.6) is 0 Å². The Kier molecular flexibility index (Phi) is 4.62. The van der Waals surface area contributed by atoms with Gasteiger partial charge >= 0.3 is 0 Å². The van der Waals surface area contributed by atoms with Crippen LogP contribution in [-0.4, -0.2) is 11.7 Å². The third-order valence-corrected chi connectivity index (χ3v) is 6.01. The molecule has 1 N–H and O–H groups in total. The predicted octanol–water partition coefficient (Wildman–Crippen LogP) is 5.72. The van der Waals surface area contributed by atoms with Gasteiger partial charge in [-0.15, -0.1) is 11.3 Å². The van der Waals surface area contributed by atoms with Gasteiger partial charge in [0, 0.05) is 20.7 Å². The van der Waals surface area contributed by atoms with Crippen molar-refractivity contribution >= 4 is 38.8 Å². The summed E-state index contributed by atoms with van der Waals surface area (Å²) < 4.78 is 15.7. The summed E-state index contributed by atoms with van der Waals surface area (Å²) in [4.78, 5) is 25.1. The van der Waals surface area contributed by atoms with Crippen molar-refractivity contribution in [2.45, 2.75) is 26.2 Å². The molecule has 136 valence electrons. The maximum atomic E-state index is 14.6. The molecule has 0 aliphatic heterocycles. The third-order valence-electron chi connectivity index (χ3n) is 4.84. The molecule has 3 aromatic rings. The van der Waals surface area contributed by atoms with E-state index in [0.29, 0.717) is 24.0 Å². The molecule has 5 heteroatoms. The van der Waals surface area contributed by atoms with Gasteiger partial charge in [-0.1, -0.05) is 24.3 Å². The number of amides is 1. The van der Waals surface area contributed by atoms with Crippen LogP contribution in [-0.2, 0) is 9.59 Å². The number of anilines is 1. The van der Waals surface area contributed by atoms with Crippen LogP contribution in [0.4, 0.5) is 10.1 Å². The molecule has 1 aliphatic carbocycles. The van der Waals surface area contributed by atoms with Gasteiger partial charge in [0.1, 0.15) is 5.82 Å². The Hall–Kier alpha value is -2.79. The van der Waals surface area contributed by atoms with Crippen LogP contribution < -0.4 is 5.32 Å². The van der Waals surface area contributed by atoms with E-state index < -0.39 is 5.82 Å². The van der Waals surface area contributed by atoms with Crippen molar-refractivity contribution in [3.05, 3.63) is 65.5 Å². The molecular weight excluding hydrogens is 361 g/mol. The van der Waals surface area contributed by atoms with E-state index >= 15 is 0 Å². The number of carbonyl (C=O) groups excluding carboxylic acids is 2. The summed E-state index contributed by atoms with van der Waals surface area (Å²) in [5.41, 5.74) is 1.95. The number of hydrogen-bond donors (Lipinski definition) is 1. The molecule has 0 fully saturated rings. The second-order valence-electron chi connectivity index (χ2n) is 6.66. The average molecular weight is 379 g/mol. The van der Waals surface area contributed by atoms with Gasteiger partial charge in [-0.2, -0.15) is 0 Å². The summed E-state index contributed by atoms with van der Waals surface area (Å²) in [5, 5.41) is 3.75. The fourth-order valence-electron chi connectivity index (χ4n) is 3.47. The molecule has 4 rings (SSSR count). The lowest BCUT2D eigenvalue weighted by atomic mass is 10.1. The van der Waals surface area contributed by atoms with Crippen molar-refractivity contribution in [2.75, 3.05) is 5.32 Å². The summed E-state index contributed by atoms with van der Waals surface area (Å²) in [6.45, 7) is 1.47. The Morgan fingerprint density at radius 3 is 2.56 bits per heavy atom. The first-order chi connectivity index (χ1) is 13.0. The lowest BCUT2D eigenvalue weighted by Crippen LogP contribution is -2.16. The number of allylic oxidation sites excluding steroid dienone is 1. The first-order valence-electron chi connectivity index (χ1n) is 8.86. The SMILES string of the molecule is CC(=O)C1=C(C(=O)Nc2ccc(-c3cc4ccccc4s3)cc2F)CCC1. The van der Waals surface area contributed by atoms with Crippen LogP contribution in [0.25, 0.3) is 20.5 Å². The van der Waals surface area contributed by atoms with Gasteiger partial charge in [0.05, 0.1) is 5.69 Å². The number of halogens is 1. The molecule has 3 nitrogen and oxygen atoms in total. The van der Waals surface area contributed by atoms with Crippen LogP contribution in [0.15, 0.2) is 59.7 Å². The van der Waals surface area contributed by atoms with Crippen molar-refractivity contribution < 1.29 is 14.0 Å². The van der Waals surface area contributed by atoms with E-state index in [-0.39, 0.29) is 17.4 Å². The molecule has 1 amide bonds. The number of nitrogens with one attached hydrogen (secondary N) is 1. The number of ketones is 1. The quantitative estimate of drug-likeness (QED) is 0.630. The van der Waals surface area contributed by atoms with Crippen molar-refractivity contribution in [2.24, 2.45) is 0 Å². The van der Waals surface area contributed by atoms with E-state index in [1.807, 2.05) is 30.3 Å². The molecule has 1 aliphatic rings. The van der Waals surface area contributed by atoms with Gasteiger partial charge in [0.25, 0.3) is 5.91 Å².